The van der Waals surface area contributed by atoms with Crippen molar-refractivity contribution < 1.29 is 4.79 Å². The second kappa shape index (κ2) is 8.50. The van der Waals surface area contributed by atoms with E-state index < -0.39 is 6.04 Å². The molecule has 4 rings (SSSR count). The van der Waals surface area contributed by atoms with E-state index in [0.717, 1.165) is 16.0 Å². The first-order valence-electron chi connectivity index (χ1n) is 9.00. The minimum Gasteiger partial charge on any atom is -0.350 e. The van der Waals surface area contributed by atoms with Crippen molar-refractivity contribution in [2.24, 2.45) is 0 Å². The van der Waals surface area contributed by atoms with E-state index in [2.05, 4.69) is 25.6 Å². The van der Waals surface area contributed by atoms with Gasteiger partial charge in [-0.15, -0.1) is 11.3 Å². The van der Waals surface area contributed by atoms with Crippen LogP contribution in [0.3, 0.4) is 0 Å². The number of hydrogen-bond acceptors (Lipinski definition) is 6. The molecule has 0 saturated heterocycles. The number of benzene rings is 1. The highest BCUT2D eigenvalue weighted by Gasteiger charge is 2.21. The molecule has 148 valence electrons. The summed E-state index contributed by atoms with van der Waals surface area (Å²) < 4.78 is 3.93. The monoisotopic (exact) mass is 425 g/mol. The van der Waals surface area contributed by atoms with E-state index in [0.29, 0.717) is 23.7 Å². The Morgan fingerprint density at radius 3 is 2.76 bits per heavy atom. The first-order chi connectivity index (χ1) is 14.1. The van der Waals surface area contributed by atoms with Crippen molar-refractivity contribution in [2.75, 3.05) is 0 Å². The summed E-state index contributed by atoms with van der Waals surface area (Å²) in [6.45, 7) is 2.92. The summed E-state index contributed by atoms with van der Waals surface area (Å²) in [5.41, 5.74) is 2.13. The molecule has 3 heterocycles. The molecule has 29 heavy (non-hydrogen) atoms. The van der Waals surface area contributed by atoms with E-state index in [-0.39, 0.29) is 5.91 Å². The molecule has 1 amide bonds. The van der Waals surface area contributed by atoms with E-state index >= 15 is 0 Å². The van der Waals surface area contributed by atoms with Gasteiger partial charge in [-0.3, -0.25) is 14.5 Å². The Morgan fingerprint density at radius 2 is 2.07 bits per heavy atom. The number of aromatic nitrogens is 6. The van der Waals surface area contributed by atoms with E-state index in [1.165, 1.54) is 6.33 Å². The molecule has 2 N–H and O–H groups in total. The molecule has 3 aromatic heterocycles. The highest BCUT2D eigenvalue weighted by molar-refractivity contribution is 7.71. The van der Waals surface area contributed by atoms with Crippen molar-refractivity contribution in [2.45, 2.75) is 26.1 Å². The first kappa shape index (κ1) is 19.2. The lowest BCUT2D eigenvalue weighted by atomic mass is 10.1. The van der Waals surface area contributed by atoms with Crippen molar-refractivity contribution in [3.05, 3.63) is 70.3 Å². The van der Waals surface area contributed by atoms with Crippen molar-refractivity contribution >= 4 is 29.5 Å². The van der Waals surface area contributed by atoms with Gasteiger partial charge in [0.15, 0.2) is 10.6 Å². The summed E-state index contributed by atoms with van der Waals surface area (Å²) >= 11 is 6.89. The summed E-state index contributed by atoms with van der Waals surface area (Å²) in [4.78, 5) is 17.6. The molecule has 0 bridgehead atoms. The van der Waals surface area contributed by atoms with Gasteiger partial charge in [0.05, 0.1) is 11.4 Å². The Balaban J connectivity index is 1.40. The highest BCUT2D eigenvalue weighted by atomic mass is 32.1. The third-order valence-corrected chi connectivity index (χ3v) is 5.67. The lowest BCUT2D eigenvalue weighted by molar-refractivity contribution is -0.124. The second-order valence-corrected chi connectivity index (χ2v) is 7.84. The van der Waals surface area contributed by atoms with E-state index in [1.807, 2.05) is 48.7 Å². The summed E-state index contributed by atoms with van der Waals surface area (Å²) in [5, 5.41) is 16.1. The van der Waals surface area contributed by atoms with Gasteiger partial charge in [0.1, 0.15) is 18.7 Å². The second-order valence-electron chi connectivity index (χ2n) is 6.50. The zero-order chi connectivity index (χ0) is 20.2. The minimum absolute atomic E-state index is 0.119. The van der Waals surface area contributed by atoms with Gasteiger partial charge in [-0.25, -0.2) is 9.67 Å². The van der Waals surface area contributed by atoms with Gasteiger partial charge in [0, 0.05) is 6.54 Å². The van der Waals surface area contributed by atoms with Gasteiger partial charge < -0.3 is 5.32 Å². The van der Waals surface area contributed by atoms with E-state index in [1.54, 1.807) is 26.9 Å². The van der Waals surface area contributed by atoms with E-state index in [4.69, 9.17) is 12.2 Å². The Labute approximate surface area is 176 Å². The molecule has 0 aliphatic heterocycles. The topological polar surface area (TPSA) is 93.4 Å². The fourth-order valence-corrected chi connectivity index (χ4v) is 3.96. The predicted octanol–water partition coefficient (Wildman–Crippen LogP) is 3.19. The van der Waals surface area contributed by atoms with Gasteiger partial charge in [0.2, 0.25) is 5.91 Å². The number of rotatable bonds is 7. The minimum atomic E-state index is -0.482. The van der Waals surface area contributed by atoms with Gasteiger partial charge in [-0.1, -0.05) is 30.3 Å². The van der Waals surface area contributed by atoms with Crippen LogP contribution in [0.4, 0.5) is 0 Å². The van der Waals surface area contributed by atoms with Crippen LogP contribution in [0.5, 0.6) is 0 Å². The Morgan fingerprint density at radius 1 is 1.28 bits per heavy atom. The standard InChI is InChI=1S/C19H19N7OS2/c1-13(26-17(23-24-19(26)28)16-3-2-8-29-16)18(27)21-9-14-4-6-15(7-5-14)10-25-12-20-11-22-25/h2-8,11-13H,9-10H2,1H3,(H,21,27)(H,24,28). The maximum Gasteiger partial charge on any atom is 0.243 e. The third kappa shape index (κ3) is 4.33. The number of thiophene rings is 1. The van der Waals surface area contributed by atoms with Crippen molar-refractivity contribution in [1.82, 2.24) is 34.8 Å². The number of aromatic amines is 1. The SMILES string of the molecule is CC(C(=O)NCc1ccc(Cn2cncn2)cc1)n1c(-c2cccs2)n[nH]c1=S. The van der Waals surface area contributed by atoms with Crippen molar-refractivity contribution in [3.63, 3.8) is 0 Å². The molecular weight excluding hydrogens is 406 g/mol. The fraction of sp³-hybridized carbons (Fsp3) is 0.211. The third-order valence-electron chi connectivity index (χ3n) is 4.51. The molecular formula is C19H19N7OS2. The molecule has 0 aliphatic rings. The Hall–Kier alpha value is -3.11. The Bertz CT molecular complexity index is 1130. The average molecular weight is 426 g/mol. The lowest BCUT2D eigenvalue weighted by Crippen LogP contribution is -2.31. The number of nitrogens with zero attached hydrogens (tertiary/aromatic N) is 5. The zero-order valence-electron chi connectivity index (χ0n) is 15.6. The van der Waals surface area contributed by atoms with Gasteiger partial charge in [0.25, 0.3) is 0 Å². The van der Waals surface area contributed by atoms with Crippen LogP contribution >= 0.6 is 23.6 Å². The molecule has 4 aromatic rings. The predicted molar refractivity (Wildman–Crippen MR) is 113 cm³/mol. The van der Waals surface area contributed by atoms with Crippen LogP contribution in [0.15, 0.2) is 54.4 Å². The van der Waals surface area contributed by atoms with Crippen LogP contribution in [0.2, 0.25) is 0 Å². The van der Waals surface area contributed by atoms with Crippen LogP contribution in [-0.4, -0.2) is 35.4 Å². The number of nitrogens with one attached hydrogen (secondary N) is 2. The number of amides is 1. The van der Waals surface area contributed by atoms with Crippen LogP contribution in [0.1, 0.15) is 24.1 Å². The summed E-state index contributed by atoms with van der Waals surface area (Å²) in [7, 11) is 0. The van der Waals surface area contributed by atoms with Crippen LogP contribution < -0.4 is 5.32 Å². The molecule has 1 unspecified atom stereocenters. The molecule has 0 aliphatic carbocycles. The van der Waals surface area contributed by atoms with Crippen LogP contribution in [0.25, 0.3) is 10.7 Å². The normalized spacial score (nSPS) is 12.0. The molecule has 10 heteroatoms. The molecule has 1 aromatic carbocycles. The molecule has 0 radical (unpaired) electrons. The van der Waals surface area contributed by atoms with E-state index in [9.17, 15) is 4.79 Å². The quantitative estimate of drug-likeness (QED) is 0.444. The van der Waals surface area contributed by atoms with Gasteiger partial charge in [-0.2, -0.15) is 10.2 Å². The average Bonchev–Trinajstić information content (AvgIpc) is 3.48. The fourth-order valence-electron chi connectivity index (χ4n) is 2.96. The molecule has 0 fully saturated rings. The summed E-state index contributed by atoms with van der Waals surface area (Å²) in [5.74, 6) is 0.553. The Kier molecular flexibility index (Phi) is 5.63. The van der Waals surface area contributed by atoms with Crippen LogP contribution in [-0.2, 0) is 17.9 Å². The first-order valence-corrected chi connectivity index (χ1v) is 10.3. The number of H-pyrrole nitrogens is 1. The zero-order valence-corrected chi connectivity index (χ0v) is 17.3. The largest absolute Gasteiger partial charge is 0.350 e. The van der Waals surface area contributed by atoms with Crippen molar-refractivity contribution in [1.29, 1.82) is 0 Å². The van der Waals surface area contributed by atoms with Crippen molar-refractivity contribution in [3.8, 4) is 10.7 Å². The molecule has 0 saturated carbocycles. The highest BCUT2D eigenvalue weighted by Crippen LogP contribution is 2.25. The maximum atomic E-state index is 12.7. The van der Waals surface area contributed by atoms with Crippen LogP contribution in [0, 0.1) is 4.77 Å². The summed E-state index contributed by atoms with van der Waals surface area (Å²) in [6.07, 6.45) is 3.20. The number of carbonyl (C=O) groups is 1. The number of carbonyl (C=O) groups excluding carboxylic acids is 1. The van der Waals surface area contributed by atoms with Gasteiger partial charge >= 0.3 is 0 Å². The molecule has 1 atom stereocenters. The summed E-state index contributed by atoms with van der Waals surface area (Å²) in [6, 6.07) is 11.5. The van der Waals surface area contributed by atoms with Gasteiger partial charge in [-0.05, 0) is 41.7 Å². The molecule has 8 nitrogen and oxygen atoms in total. The molecule has 0 spiro atoms. The number of hydrogen-bond donors (Lipinski definition) is 2. The smallest absolute Gasteiger partial charge is 0.243 e. The lowest BCUT2D eigenvalue weighted by Gasteiger charge is -2.15. The maximum absolute atomic E-state index is 12.7.